The Hall–Kier alpha value is -2.86. The molecular formula is C22H25N3O2S. The predicted molar refractivity (Wildman–Crippen MR) is 116 cm³/mol. The molecule has 6 heteroatoms. The van der Waals surface area contributed by atoms with Crippen LogP contribution in [0.2, 0.25) is 0 Å². The Bertz CT molecular complexity index is 1080. The second-order valence-electron chi connectivity index (χ2n) is 6.91. The van der Waals surface area contributed by atoms with Gasteiger partial charge in [0, 0.05) is 17.0 Å². The fourth-order valence-electron chi connectivity index (χ4n) is 2.73. The Labute approximate surface area is 169 Å². The monoisotopic (exact) mass is 395 g/mol. The van der Waals surface area contributed by atoms with Gasteiger partial charge in [0.25, 0.3) is 0 Å². The first kappa shape index (κ1) is 19.9. The summed E-state index contributed by atoms with van der Waals surface area (Å²) in [6.07, 6.45) is 1.72. The molecule has 0 radical (unpaired) electrons. The van der Waals surface area contributed by atoms with Gasteiger partial charge in [0.2, 0.25) is 4.80 Å². The highest BCUT2D eigenvalue weighted by molar-refractivity contribution is 7.07. The number of ether oxygens (including phenoxy) is 1. The molecule has 0 aliphatic heterocycles. The van der Waals surface area contributed by atoms with E-state index in [4.69, 9.17) is 9.73 Å². The van der Waals surface area contributed by atoms with Crippen molar-refractivity contribution in [3.05, 3.63) is 63.3 Å². The van der Waals surface area contributed by atoms with Crippen LogP contribution in [0.5, 0.6) is 11.5 Å². The van der Waals surface area contributed by atoms with Gasteiger partial charge in [-0.3, -0.25) is 4.99 Å². The highest BCUT2D eigenvalue weighted by atomic mass is 32.1. The highest BCUT2D eigenvalue weighted by Crippen LogP contribution is 2.26. The highest BCUT2D eigenvalue weighted by Gasteiger charge is 2.09. The van der Waals surface area contributed by atoms with E-state index in [2.05, 4.69) is 42.5 Å². The van der Waals surface area contributed by atoms with E-state index in [1.165, 1.54) is 18.2 Å². The van der Waals surface area contributed by atoms with Crippen molar-refractivity contribution in [3.63, 3.8) is 0 Å². The number of phenols is 1. The van der Waals surface area contributed by atoms with Crippen molar-refractivity contribution in [1.82, 2.24) is 4.68 Å². The van der Waals surface area contributed by atoms with Gasteiger partial charge in [0.1, 0.15) is 0 Å². The second-order valence-corrected chi connectivity index (χ2v) is 7.75. The molecule has 28 heavy (non-hydrogen) atoms. The summed E-state index contributed by atoms with van der Waals surface area (Å²) in [5, 5.41) is 16.7. The molecule has 0 amide bonds. The Morgan fingerprint density at radius 2 is 1.89 bits per heavy atom. The smallest absolute Gasteiger partial charge is 0.206 e. The Morgan fingerprint density at radius 1 is 1.11 bits per heavy atom. The largest absolute Gasteiger partial charge is 0.504 e. The van der Waals surface area contributed by atoms with Gasteiger partial charge in [-0.25, -0.2) is 4.68 Å². The summed E-state index contributed by atoms with van der Waals surface area (Å²) < 4.78 is 6.96. The van der Waals surface area contributed by atoms with Crippen molar-refractivity contribution in [3.8, 4) is 22.8 Å². The van der Waals surface area contributed by atoms with Crippen LogP contribution in [-0.2, 0) is 0 Å². The van der Waals surface area contributed by atoms with Crippen LogP contribution in [-0.4, -0.2) is 29.1 Å². The standard InChI is InChI=1S/C22H25N3O2S/c1-14(2)24-22-25(23-12-17-7-9-21(27-5)20(26)11-17)19(13-28-22)18-8-6-15(3)16(4)10-18/h6-14,26H,1-5H3. The summed E-state index contributed by atoms with van der Waals surface area (Å²) in [6, 6.07) is 11.8. The van der Waals surface area contributed by atoms with E-state index >= 15 is 0 Å². The zero-order valence-corrected chi connectivity index (χ0v) is 17.6. The first-order valence-corrected chi connectivity index (χ1v) is 10.0. The zero-order valence-electron chi connectivity index (χ0n) is 16.8. The molecule has 1 heterocycles. The molecule has 1 N–H and O–H groups in total. The van der Waals surface area contributed by atoms with Crippen LogP contribution in [0.4, 0.5) is 0 Å². The quantitative estimate of drug-likeness (QED) is 0.635. The maximum atomic E-state index is 10.0. The lowest BCUT2D eigenvalue weighted by molar-refractivity contribution is 0.373. The average molecular weight is 396 g/mol. The molecule has 3 aromatic rings. The first-order valence-electron chi connectivity index (χ1n) is 9.12. The van der Waals surface area contributed by atoms with Gasteiger partial charge in [-0.1, -0.05) is 12.1 Å². The van der Waals surface area contributed by atoms with Gasteiger partial charge in [-0.05, 0) is 68.7 Å². The molecule has 0 saturated heterocycles. The molecule has 0 saturated carbocycles. The van der Waals surface area contributed by atoms with E-state index in [0.29, 0.717) is 5.75 Å². The number of rotatable bonds is 5. The molecule has 0 aliphatic carbocycles. The van der Waals surface area contributed by atoms with Gasteiger partial charge >= 0.3 is 0 Å². The fraction of sp³-hybridized carbons (Fsp3) is 0.273. The van der Waals surface area contributed by atoms with Crippen molar-refractivity contribution < 1.29 is 9.84 Å². The number of methoxy groups -OCH3 is 1. The summed E-state index contributed by atoms with van der Waals surface area (Å²) in [4.78, 5) is 5.53. The van der Waals surface area contributed by atoms with Crippen LogP contribution in [0.15, 0.2) is 51.9 Å². The van der Waals surface area contributed by atoms with Gasteiger partial charge in [-0.2, -0.15) is 5.10 Å². The number of aromatic nitrogens is 1. The normalized spacial score (nSPS) is 12.3. The van der Waals surface area contributed by atoms with E-state index in [9.17, 15) is 5.11 Å². The molecule has 0 atom stereocenters. The molecule has 0 bridgehead atoms. The van der Waals surface area contributed by atoms with E-state index < -0.39 is 0 Å². The maximum Gasteiger partial charge on any atom is 0.206 e. The molecule has 2 aromatic carbocycles. The molecule has 5 nitrogen and oxygen atoms in total. The minimum Gasteiger partial charge on any atom is -0.504 e. The van der Waals surface area contributed by atoms with Gasteiger partial charge in [0.05, 0.1) is 19.0 Å². The van der Waals surface area contributed by atoms with Crippen LogP contribution in [0.1, 0.15) is 30.5 Å². The maximum absolute atomic E-state index is 10.0. The Balaban J connectivity index is 2.08. The summed E-state index contributed by atoms with van der Waals surface area (Å²) in [6.45, 7) is 8.31. The van der Waals surface area contributed by atoms with Crippen molar-refractivity contribution in [2.24, 2.45) is 10.1 Å². The number of benzene rings is 2. The van der Waals surface area contributed by atoms with Crippen LogP contribution in [0, 0.1) is 13.8 Å². The molecule has 146 valence electrons. The average Bonchev–Trinajstić information content (AvgIpc) is 3.04. The predicted octanol–water partition coefficient (Wildman–Crippen LogP) is 4.74. The molecule has 0 fully saturated rings. The number of aryl methyl sites for hydroxylation is 2. The fourth-order valence-corrected chi connectivity index (χ4v) is 3.70. The summed E-state index contributed by atoms with van der Waals surface area (Å²) in [5.41, 5.74) is 5.36. The van der Waals surface area contributed by atoms with Crippen LogP contribution < -0.4 is 9.54 Å². The SMILES string of the molecule is COc1ccc(C=Nn2c(-c3ccc(C)c(C)c3)csc2=NC(C)C)cc1O. The van der Waals surface area contributed by atoms with E-state index in [1.807, 2.05) is 24.6 Å². The van der Waals surface area contributed by atoms with Crippen LogP contribution >= 0.6 is 11.3 Å². The van der Waals surface area contributed by atoms with E-state index in [0.717, 1.165) is 21.6 Å². The zero-order chi connectivity index (χ0) is 20.3. The summed E-state index contributed by atoms with van der Waals surface area (Å²) in [7, 11) is 1.53. The Morgan fingerprint density at radius 3 is 2.54 bits per heavy atom. The molecule has 3 rings (SSSR count). The molecule has 0 unspecified atom stereocenters. The van der Waals surface area contributed by atoms with E-state index in [1.54, 1.807) is 29.7 Å². The first-order chi connectivity index (χ1) is 13.4. The minimum atomic E-state index is 0.0863. The number of hydrogen-bond donors (Lipinski definition) is 1. The second kappa shape index (κ2) is 8.44. The molecule has 0 aliphatic rings. The number of thiazole rings is 1. The van der Waals surface area contributed by atoms with Crippen molar-refractivity contribution >= 4 is 17.6 Å². The van der Waals surface area contributed by atoms with Gasteiger partial charge in [0.15, 0.2) is 11.5 Å². The number of phenolic OH excluding ortho intramolecular Hbond substituents is 1. The number of hydrogen-bond acceptors (Lipinski definition) is 5. The lowest BCUT2D eigenvalue weighted by atomic mass is 10.1. The van der Waals surface area contributed by atoms with Crippen LogP contribution in [0.3, 0.4) is 0 Å². The number of aromatic hydroxyl groups is 1. The minimum absolute atomic E-state index is 0.0863. The Kier molecular flexibility index (Phi) is 5.99. The number of nitrogens with zero attached hydrogens (tertiary/aromatic N) is 3. The van der Waals surface area contributed by atoms with Crippen molar-refractivity contribution in [2.75, 3.05) is 7.11 Å². The summed E-state index contributed by atoms with van der Waals surface area (Å²) >= 11 is 1.57. The lowest BCUT2D eigenvalue weighted by Gasteiger charge is -2.07. The third kappa shape index (κ3) is 4.34. The summed E-state index contributed by atoms with van der Waals surface area (Å²) in [5.74, 6) is 0.523. The third-order valence-electron chi connectivity index (χ3n) is 4.38. The topological polar surface area (TPSA) is 59.1 Å². The molecule has 0 spiro atoms. The van der Waals surface area contributed by atoms with Gasteiger partial charge in [-0.15, -0.1) is 11.3 Å². The van der Waals surface area contributed by atoms with E-state index in [-0.39, 0.29) is 11.8 Å². The molecular weight excluding hydrogens is 370 g/mol. The van der Waals surface area contributed by atoms with Crippen molar-refractivity contribution in [1.29, 1.82) is 0 Å². The lowest BCUT2D eigenvalue weighted by Crippen LogP contribution is -2.14. The van der Waals surface area contributed by atoms with Crippen LogP contribution in [0.25, 0.3) is 11.3 Å². The third-order valence-corrected chi connectivity index (χ3v) is 5.21. The molecule has 1 aromatic heterocycles. The van der Waals surface area contributed by atoms with Gasteiger partial charge < -0.3 is 9.84 Å². The van der Waals surface area contributed by atoms with Crippen molar-refractivity contribution in [2.45, 2.75) is 33.7 Å².